The van der Waals surface area contributed by atoms with Crippen molar-refractivity contribution < 1.29 is 13.8 Å². The lowest BCUT2D eigenvalue weighted by Crippen LogP contribution is -2.01. The number of nitrogens with zero attached hydrogens (tertiary/aromatic N) is 4. The van der Waals surface area contributed by atoms with Crippen molar-refractivity contribution in [1.29, 1.82) is 0 Å². The summed E-state index contributed by atoms with van der Waals surface area (Å²) >= 11 is 0. The second-order valence-electron chi connectivity index (χ2n) is 5.47. The van der Waals surface area contributed by atoms with Gasteiger partial charge in [0.1, 0.15) is 11.5 Å². The molecule has 0 bridgehead atoms. The molecule has 0 fully saturated rings. The Kier molecular flexibility index (Phi) is 3.81. The monoisotopic (exact) mass is 336 g/mol. The highest BCUT2D eigenvalue weighted by Gasteiger charge is 2.13. The summed E-state index contributed by atoms with van der Waals surface area (Å²) in [6.07, 6.45) is 0.530. The van der Waals surface area contributed by atoms with E-state index in [4.69, 9.17) is 4.74 Å². The molecule has 0 saturated heterocycles. The van der Waals surface area contributed by atoms with Crippen LogP contribution in [0.15, 0.2) is 53.2 Å². The number of hydrogen-bond acceptors (Lipinski definition) is 6. The number of rotatable bonds is 4. The van der Waals surface area contributed by atoms with Gasteiger partial charge in [-0.25, -0.2) is 14.0 Å². The van der Waals surface area contributed by atoms with E-state index in [1.807, 2.05) is 24.3 Å². The van der Waals surface area contributed by atoms with Crippen LogP contribution in [0.3, 0.4) is 0 Å². The second-order valence-corrected chi connectivity index (χ2v) is 5.47. The Morgan fingerprint density at radius 3 is 2.12 bits per heavy atom. The van der Waals surface area contributed by atoms with Crippen molar-refractivity contribution in [3.63, 3.8) is 0 Å². The number of fused-ring (bicyclic) bond motifs is 1. The van der Waals surface area contributed by atoms with E-state index in [1.54, 1.807) is 12.1 Å². The van der Waals surface area contributed by atoms with Crippen LogP contribution in [0, 0.1) is 5.82 Å². The lowest BCUT2D eigenvalue weighted by Gasteiger charge is -2.07. The Morgan fingerprint density at radius 1 is 0.880 bits per heavy atom. The maximum Gasteiger partial charge on any atom is 0.246 e. The van der Waals surface area contributed by atoms with Crippen molar-refractivity contribution in [1.82, 2.24) is 20.3 Å². The van der Waals surface area contributed by atoms with Crippen LogP contribution in [0.25, 0.3) is 22.4 Å². The minimum atomic E-state index is -0.247. The fourth-order valence-electron chi connectivity index (χ4n) is 2.59. The van der Waals surface area contributed by atoms with Gasteiger partial charge in [-0.15, -0.1) is 0 Å². The van der Waals surface area contributed by atoms with Crippen molar-refractivity contribution in [2.45, 2.75) is 6.42 Å². The fourth-order valence-corrected chi connectivity index (χ4v) is 2.59. The molecule has 0 aliphatic carbocycles. The van der Waals surface area contributed by atoms with Gasteiger partial charge in [0.2, 0.25) is 17.2 Å². The number of benzene rings is 2. The molecular formula is C18H13FN4O2. The number of ether oxygens (including phenoxy) is 1. The van der Waals surface area contributed by atoms with E-state index in [0.717, 1.165) is 16.7 Å². The van der Waals surface area contributed by atoms with E-state index < -0.39 is 0 Å². The molecular weight excluding hydrogens is 323 g/mol. The molecule has 0 saturated carbocycles. The second kappa shape index (κ2) is 6.27. The van der Waals surface area contributed by atoms with Gasteiger partial charge >= 0.3 is 0 Å². The molecule has 7 heteroatoms. The predicted molar refractivity (Wildman–Crippen MR) is 88.6 cm³/mol. The Balaban J connectivity index is 1.61. The Bertz CT molecular complexity index is 1010. The Hall–Kier alpha value is -3.35. The first-order chi connectivity index (χ1) is 12.2. The predicted octanol–water partition coefficient (Wildman–Crippen LogP) is 3.42. The molecule has 2 heterocycles. The molecule has 0 amide bonds. The van der Waals surface area contributed by atoms with E-state index in [-0.39, 0.29) is 5.82 Å². The average Bonchev–Trinajstić information content (AvgIpc) is 3.10. The first-order valence-electron chi connectivity index (χ1n) is 7.61. The van der Waals surface area contributed by atoms with Gasteiger partial charge in [-0.2, -0.15) is 4.98 Å². The summed E-state index contributed by atoms with van der Waals surface area (Å²) in [6.45, 7) is 0. The zero-order valence-corrected chi connectivity index (χ0v) is 13.3. The molecule has 124 valence electrons. The summed E-state index contributed by atoms with van der Waals surface area (Å²) in [4.78, 5) is 8.63. The molecule has 2 aromatic heterocycles. The highest BCUT2D eigenvalue weighted by Crippen LogP contribution is 2.23. The quantitative estimate of drug-likeness (QED) is 0.568. The van der Waals surface area contributed by atoms with E-state index >= 15 is 0 Å². The molecule has 2 aromatic carbocycles. The van der Waals surface area contributed by atoms with Gasteiger partial charge in [-0.1, -0.05) is 36.4 Å². The van der Waals surface area contributed by atoms with Gasteiger partial charge in [0.15, 0.2) is 0 Å². The SMILES string of the molecule is COc1nc2nonc2nc1Cc1ccc(-c2ccc(F)cc2)cc1. The van der Waals surface area contributed by atoms with Crippen molar-refractivity contribution >= 4 is 11.3 Å². The van der Waals surface area contributed by atoms with Gasteiger partial charge in [0.05, 0.1) is 7.11 Å². The average molecular weight is 336 g/mol. The minimum Gasteiger partial charge on any atom is -0.480 e. The van der Waals surface area contributed by atoms with Crippen LogP contribution in [0.1, 0.15) is 11.3 Å². The minimum absolute atomic E-state index is 0.247. The molecule has 4 aromatic rings. The van der Waals surface area contributed by atoms with E-state index in [2.05, 4.69) is 24.9 Å². The normalized spacial score (nSPS) is 11.0. The number of hydrogen-bond donors (Lipinski definition) is 0. The summed E-state index contributed by atoms with van der Waals surface area (Å²) in [5.41, 5.74) is 4.32. The summed E-state index contributed by atoms with van der Waals surface area (Å²) < 4.78 is 22.9. The Labute approximate surface area is 142 Å². The molecule has 0 atom stereocenters. The molecule has 6 nitrogen and oxygen atoms in total. The third-order valence-corrected chi connectivity index (χ3v) is 3.85. The van der Waals surface area contributed by atoms with Crippen LogP contribution in [0.4, 0.5) is 4.39 Å². The van der Waals surface area contributed by atoms with Crippen LogP contribution in [-0.2, 0) is 6.42 Å². The smallest absolute Gasteiger partial charge is 0.246 e. The van der Waals surface area contributed by atoms with Crippen molar-refractivity contribution in [2.75, 3.05) is 7.11 Å². The highest BCUT2D eigenvalue weighted by atomic mass is 19.1. The molecule has 25 heavy (non-hydrogen) atoms. The van der Waals surface area contributed by atoms with Gasteiger partial charge in [0, 0.05) is 6.42 Å². The number of aromatic nitrogens is 4. The van der Waals surface area contributed by atoms with Gasteiger partial charge in [-0.3, -0.25) is 0 Å². The third kappa shape index (κ3) is 3.03. The van der Waals surface area contributed by atoms with Crippen molar-refractivity contribution in [2.24, 2.45) is 0 Å². The van der Waals surface area contributed by atoms with Crippen LogP contribution in [0.5, 0.6) is 5.88 Å². The van der Waals surface area contributed by atoms with Crippen LogP contribution in [0.2, 0.25) is 0 Å². The number of halogens is 1. The number of methoxy groups -OCH3 is 1. The molecule has 0 radical (unpaired) electrons. The Morgan fingerprint density at radius 2 is 1.48 bits per heavy atom. The lowest BCUT2D eigenvalue weighted by molar-refractivity contribution is 0.313. The standard InChI is InChI=1S/C18H13FN4O2/c1-24-18-15(20-16-17(21-18)23-25-22-16)10-11-2-4-12(5-3-11)13-6-8-14(19)9-7-13/h2-9H,10H2,1H3. The summed E-state index contributed by atoms with van der Waals surface area (Å²) in [7, 11) is 1.53. The molecule has 0 spiro atoms. The van der Waals surface area contributed by atoms with E-state index in [1.165, 1.54) is 19.2 Å². The third-order valence-electron chi connectivity index (χ3n) is 3.85. The van der Waals surface area contributed by atoms with E-state index in [0.29, 0.717) is 29.3 Å². The van der Waals surface area contributed by atoms with Gasteiger partial charge in [0.25, 0.3) is 0 Å². The van der Waals surface area contributed by atoms with E-state index in [9.17, 15) is 4.39 Å². The molecule has 4 rings (SSSR count). The fraction of sp³-hybridized carbons (Fsp3) is 0.111. The highest BCUT2D eigenvalue weighted by molar-refractivity contribution is 5.65. The maximum atomic E-state index is 13.0. The first kappa shape index (κ1) is 15.2. The van der Waals surface area contributed by atoms with Crippen LogP contribution in [-0.4, -0.2) is 27.4 Å². The van der Waals surface area contributed by atoms with Crippen LogP contribution >= 0.6 is 0 Å². The first-order valence-corrected chi connectivity index (χ1v) is 7.61. The molecule has 0 aliphatic rings. The van der Waals surface area contributed by atoms with Crippen molar-refractivity contribution in [3.05, 3.63) is 65.6 Å². The molecule has 0 unspecified atom stereocenters. The topological polar surface area (TPSA) is 73.9 Å². The largest absolute Gasteiger partial charge is 0.480 e. The van der Waals surface area contributed by atoms with Gasteiger partial charge < -0.3 is 4.74 Å². The zero-order chi connectivity index (χ0) is 17.2. The maximum absolute atomic E-state index is 13.0. The van der Waals surface area contributed by atoms with Gasteiger partial charge in [-0.05, 0) is 39.1 Å². The van der Waals surface area contributed by atoms with Crippen LogP contribution < -0.4 is 4.74 Å². The van der Waals surface area contributed by atoms with Crippen molar-refractivity contribution in [3.8, 4) is 17.0 Å². The lowest BCUT2D eigenvalue weighted by atomic mass is 10.0. The summed E-state index contributed by atoms with van der Waals surface area (Å²) in [5.74, 6) is 0.148. The molecule has 0 aliphatic heterocycles. The summed E-state index contributed by atoms with van der Waals surface area (Å²) in [6, 6.07) is 14.4. The zero-order valence-electron chi connectivity index (χ0n) is 13.3. The molecule has 0 N–H and O–H groups in total. The summed E-state index contributed by atoms with van der Waals surface area (Å²) in [5, 5.41) is 7.37.